The van der Waals surface area contributed by atoms with Crippen LogP contribution in [0.1, 0.15) is 0 Å². The van der Waals surface area contributed by atoms with E-state index in [-0.39, 0.29) is 11.6 Å². The van der Waals surface area contributed by atoms with E-state index >= 15 is 0 Å². The van der Waals surface area contributed by atoms with Crippen LogP contribution < -0.4 is 16.6 Å². The molecule has 0 radical (unpaired) electrons. The number of carbonyl (C=O) groups is 1. The highest BCUT2D eigenvalue weighted by atomic mass is 35.5. The van der Waals surface area contributed by atoms with Crippen molar-refractivity contribution in [3.05, 3.63) is 92.6 Å². The number of amides is 1. The monoisotopic (exact) mass is 478 g/mol. The van der Waals surface area contributed by atoms with E-state index < -0.39 is 17.2 Å². The molecule has 0 bridgehead atoms. The van der Waals surface area contributed by atoms with Gasteiger partial charge in [0.1, 0.15) is 5.82 Å². The van der Waals surface area contributed by atoms with Gasteiger partial charge < -0.3 is 5.32 Å². The van der Waals surface area contributed by atoms with Crippen LogP contribution in [0.5, 0.6) is 0 Å². The van der Waals surface area contributed by atoms with Crippen molar-refractivity contribution in [3.8, 4) is 5.69 Å². The summed E-state index contributed by atoms with van der Waals surface area (Å²) in [6, 6.07) is 19.3. The number of pyridine rings is 1. The Morgan fingerprint density at radius 3 is 2.73 bits per heavy atom. The van der Waals surface area contributed by atoms with Gasteiger partial charge in [-0.15, -0.1) is 10.2 Å². The summed E-state index contributed by atoms with van der Waals surface area (Å²) >= 11 is 7.23. The molecule has 3 aromatic heterocycles. The topological polar surface area (TPSA) is 114 Å². The highest BCUT2D eigenvalue weighted by molar-refractivity contribution is 7.99. The van der Waals surface area contributed by atoms with Crippen molar-refractivity contribution in [2.45, 2.75) is 5.16 Å². The first-order valence-corrected chi connectivity index (χ1v) is 11.1. The van der Waals surface area contributed by atoms with Gasteiger partial charge in [-0.1, -0.05) is 47.6 Å². The lowest BCUT2D eigenvalue weighted by molar-refractivity contribution is -0.113. The fourth-order valence-electron chi connectivity index (χ4n) is 3.47. The lowest BCUT2D eigenvalue weighted by Crippen LogP contribution is -2.32. The van der Waals surface area contributed by atoms with Crippen LogP contribution in [-0.4, -0.2) is 35.8 Å². The molecule has 33 heavy (non-hydrogen) atoms. The molecule has 2 aromatic carbocycles. The molecule has 0 atom stereocenters. The first-order chi connectivity index (χ1) is 16.0. The third-order valence-electron chi connectivity index (χ3n) is 4.86. The van der Waals surface area contributed by atoms with Crippen molar-refractivity contribution >= 4 is 51.6 Å². The van der Waals surface area contributed by atoms with Crippen LogP contribution in [0.4, 0.5) is 5.82 Å². The van der Waals surface area contributed by atoms with Crippen molar-refractivity contribution in [2.75, 3.05) is 11.1 Å². The maximum absolute atomic E-state index is 12.7. The first kappa shape index (κ1) is 21.0. The summed E-state index contributed by atoms with van der Waals surface area (Å²) in [6.07, 6.45) is 0. The van der Waals surface area contributed by atoms with E-state index in [1.54, 1.807) is 24.3 Å². The van der Waals surface area contributed by atoms with E-state index in [0.29, 0.717) is 21.5 Å². The molecule has 164 valence electrons. The number of aromatic amines is 1. The number of hydrogen-bond donors (Lipinski definition) is 2. The zero-order valence-electron chi connectivity index (χ0n) is 16.9. The molecular formula is C22H15ClN6O3S. The number of benzene rings is 2. The van der Waals surface area contributed by atoms with Gasteiger partial charge in [-0.3, -0.25) is 19.0 Å². The standard InChI is InChI=1S/C22H15ClN6O3S/c23-14-5-3-6-15(10-14)28-18(11-19(30)25-21(28)32)24-20(31)12-33-22-27-26-17-9-8-13-4-1-2-7-16(13)29(17)22/h1-11H,12H2,(H,24,31)(H,25,30,32). The number of hydrogen-bond acceptors (Lipinski definition) is 6. The van der Waals surface area contributed by atoms with Crippen molar-refractivity contribution in [3.63, 3.8) is 0 Å². The summed E-state index contributed by atoms with van der Waals surface area (Å²) in [5, 5.41) is 13.0. The van der Waals surface area contributed by atoms with Gasteiger partial charge >= 0.3 is 5.69 Å². The van der Waals surface area contributed by atoms with E-state index in [0.717, 1.165) is 17.0 Å². The molecule has 11 heteroatoms. The molecule has 0 spiro atoms. The molecule has 0 aliphatic rings. The fraction of sp³-hybridized carbons (Fsp3) is 0.0455. The molecule has 2 N–H and O–H groups in total. The van der Waals surface area contributed by atoms with Gasteiger partial charge in [-0.25, -0.2) is 9.36 Å². The quantitative estimate of drug-likeness (QED) is 0.375. The third-order valence-corrected chi connectivity index (χ3v) is 6.02. The SMILES string of the molecule is O=C(CSc1nnc2ccc3ccccc3n12)Nc1cc(=O)[nH]c(=O)n1-c1cccc(Cl)c1. The van der Waals surface area contributed by atoms with Gasteiger partial charge in [-0.2, -0.15) is 0 Å². The summed E-state index contributed by atoms with van der Waals surface area (Å²) < 4.78 is 3.05. The Balaban J connectivity index is 1.42. The van der Waals surface area contributed by atoms with E-state index in [4.69, 9.17) is 11.6 Å². The molecule has 0 unspecified atom stereocenters. The van der Waals surface area contributed by atoms with Crippen molar-refractivity contribution in [2.24, 2.45) is 0 Å². The number of aromatic nitrogens is 5. The average molecular weight is 479 g/mol. The Hall–Kier alpha value is -3.89. The van der Waals surface area contributed by atoms with Crippen LogP contribution in [0.3, 0.4) is 0 Å². The summed E-state index contributed by atoms with van der Waals surface area (Å²) in [6.45, 7) is 0. The average Bonchev–Trinajstić information content (AvgIpc) is 3.21. The number of H-pyrrole nitrogens is 1. The Kier molecular flexibility index (Phi) is 5.45. The summed E-state index contributed by atoms with van der Waals surface area (Å²) in [7, 11) is 0. The molecular weight excluding hydrogens is 464 g/mol. The molecule has 9 nitrogen and oxygen atoms in total. The predicted molar refractivity (Wildman–Crippen MR) is 128 cm³/mol. The minimum absolute atomic E-state index is 0.0133. The van der Waals surface area contributed by atoms with Crippen LogP contribution >= 0.6 is 23.4 Å². The Morgan fingerprint density at radius 2 is 1.88 bits per heavy atom. The van der Waals surface area contributed by atoms with Crippen LogP contribution in [0.25, 0.3) is 22.2 Å². The first-order valence-electron chi connectivity index (χ1n) is 9.77. The highest BCUT2D eigenvalue weighted by Crippen LogP contribution is 2.23. The highest BCUT2D eigenvalue weighted by Gasteiger charge is 2.15. The lowest BCUT2D eigenvalue weighted by atomic mass is 10.2. The molecule has 0 saturated carbocycles. The zero-order valence-corrected chi connectivity index (χ0v) is 18.4. The Morgan fingerprint density at radius 1 is 1.03 bits per heavy atom. The van der Waals surface area contributed by atoms with Gasteiger partial charge in [0, 0.05) is 11.1 Å². The van der Waals surface area contributed by atoms with Crippen molar-refractivity contribution in [1.82, 2.24) is 24.1 Å². The maximum atomic E-state index is 12.7. The number of fused-ring (bicyclic) bond motifs is 3. The Bertz CT molecular complexity index is 1640. The van der Waals surface area contributed by atoms with Crippen molar-refractivity contribution < 1.29 is 4.79 Å². The number of thioether (sulfide) groups is 1. The van der Waals surface area contributed by atoms with Crippen LogP contribution in [0.15, 0.2) is 81.5 Å². The predicted octanol–water partition coefficient (Wildman–Crippen LogP) is 3.11. The van der Waals surface area contributed by atoms with E-state index in [2.05, 4.69) is 20.5 Å². The number of anilines is 1. The second-order valence-corrected chi connectivity index (χ2v) is 8.42. The molecule has 5 rings (SSSR count). The number of carbonyl (C=O) groups excluding carboxylic acids is 1. The number of halogens is 1. The smallest absolute Gasteiger partial charge is 0.311 e. The van der Waals surface area contributed by atoms with Crippen LogP contribution in [0, 0.1) is 0 Å². The number of nitrogens with zero attached hydrogens (tertiary/aromatic N) is 4. The molecule has 0 aliphatic heterocycles. The fourth-order valence-corrected chi connectivity index (χ4v) is 4.41. The molecule has 0 fully saturated rings. The van der Waals surface area contributed by atoms with Gasteiger partial charge in [-0.05, 0) is 41.8 Å². The van der Waals surface area contributed by atoms with Crippen LogP contribution in [0.2, 0.25) is 5.02 Å². The van der Waals surface area contributed by atoms with Crippen LogP contribution in [-0.2, 0) is 4.79 Å². The summed E-state index contributed by atoms with van der Waals surface area (Å²) in [5.74, 6) is -0.397. The van der Waals surface area contributed by atoms with E-state index in [1.807, 2.05) is 40.8 Å². The third kappa shape index (κ3) is 4.13. The molecule has 3 heterocycles. The maximum Gasteiger partial charge on any atom is 0.334 e. The summed E-state index contributed by atoms with van der Waals surface area (Å²) in [4.78, 5) is 39.3. The minimum Gasteiger partial charge on any atom is -0.311 e. The van der Waals surface area contributed by atoms with E-state index in [9.17, 15) is 14.4 Å². The zero-order chi connectivity index (χ0) is 22.9. The van der Waals surface area contributed by atoms with Gasteiger partial charge in [0.15, 0.2) is 10.8 Å². The second kappa shape index (κ2) is 8.57. The molecule has 5 aromatic rings. The van der Waals surface area contributed by atoms with Gasteiger partial charge in [0.2, 0.25) is 5.91 Å². The summed E-state index contributed by atoms with van der Waals surface area (Å²) in [5.41, 5.74) is 0.675. The normalized spacial score (nSPS) is 11.2. The molecule has 0 saturated heterocycles. The number of para-hydroxylation sites is 1. The second-order valence-electron chi connectivity index (χ2n) is 7.04. The number of nitrogens with one attached hydrogen (secondary N) is 2. The van der Waals surface area contributed by atoms with Gasteiger partial charge in [0.25, 0.3) is 5.56 Å². The van der Waals surface area contributed by atoms with Crippen molar-refractivity contribution in [1.29, 1.82) is 0 Å². The van der Waals surface area contributed by atoms with E-state index in [1.165, 1.54) is 16.3 Å². The minimum atomic E-state index is -0.692. The van der Waals surface area contributed by atoms with Gasteiger partial charge in [0.05, 0.1) is 17.0 Å². The molecule has 1 amide bonds. The number of rotatable bonds is 5. The Labute approximate surface area is 195 Å². The lowest BCUT2D eigenvalue weighted by Gasteiger charge is -2.13. The molecule has 0 aliphatic carbocycles. The largest absolute Gasteiger partial charge is 0.334 e.